The molecular weight excluding hydrogens is 526 g/mol. The Kier molecular flexibility index (Phi) is 8.05. The van der Waals surface area contributed by atoms with Gasteiger partial charge < -0.3 is 19.3 Å². The lowest BCUT2D eigenvalue weighted by Gasteiger charge is -2.27. The van der Waals surface area contributed by atoms with Crippen LogP contribution in [0.3, 0.4) is 0 Å². The molecule has 0 bridgehead atoms. The highest BCUT2D eigenvalue weighted by molar-refractivity contribution is 9.10. The highest BCUT2D eigenvalue weighted by Gasteiger charge is 2.18. The number of benzene rings is 2. The maximum absolute atomic E-state index is 13.3. The molecule has 9 nitrogen and oxygen atoms in total. The number of hydrogen-bond acceptors (Lipinski definition) is 7. The lowest BCUT2D eigenvalue weighted by molar-refractivity contribution is -0.137. The van der Waals surface area contributed by atoms with Crippen LogP contribution in [-0.2, 0) is 9.53 Å². The summed E-state index contributed by atoms with van der Waals surface area (Å²) in [7, 11) is 3.86. The number of rotatable bonds is 7. The largest absolute Gasteiger partial charge is 0.483 e. The van der Waals surface area contributed by atoms with Crippen molar-refractivity contribution in [3.8, 4) is 5.75 Å². The van der Waals surface area contributed by atoms with Crippen LogP contribution >= 0.6 is 15.9 Å². The molecule has 1 amide bonds. The molecule has 36 heavy (non-hydrogen) atoms. The van der Waals surface area contributed by atoms with Crippen molar-refractivity contribution in [3.63, 3.8) is 0 Å². The van der Waals surface area contributed by atoms with Crippen LogP contribution in [0.25, 0.3) is 10.9 Å². The van der Waals surface area contributed by atoms with Gasteiger partial charge in [0.15, 0.2) is 6.61 Å². The lowest BCUT2D eigenvalue weighted by atomic mass is 10.1. The summed E-state index contributed by atoms with van der Waals surface area (Å²) < 4.78 is 13.4. The molecule has 0 N–H and O–H groups in total. The number of hydrogen-bond donors (Lipinski definition) is 0. The van der Waals surface area contributed by atoms with Crippen LogP contribution in [0.15, 0.2) is 50.8 Å². The zero-order valence-electron chi connectivity index (χ0n) is 20.9. The second-order valence-corrected chi connectivity index (χ2v) is 9.96. The third kappa shape index (κ3) is 5.76. The molecule has 1 saturated heterocycles. The molecule has 0 aliphatic carbocycles. The Hall–Kier alpha value is -3.24. The minimum absolute atomic E-state index is 0.0270. The summed E-state index contributed by atoms with van der Waals surface area (Å²) in [5.74, 6) is 0.933. The molecular formula is C26H30BrN5O4. The van der Waals surface area contributed by atoms with Crippen molar-refractivity contribution in [2.24, 2.45) is 5.10 Å². The molecule has 1 fully saturated rings. The van der Waals surface area contributed by atoms with Crippen molar-refractivity contribution in [2.75, 3.05) is 51.9 Å². The number of fused-ring (bicyclic) bond motifs is 1. The Morgan fingerprint density at radius 2 is 1.97 bits per heavy atom. The van der Waals surface area contributed by atoms with Gasteiger partial charge in [-0.1, -0.05) is 29.8 Å². The van der Waals surface area contributed by atoms with Crippen molar-refractivity contribution in [1.29, 1.82) is 0 Å². The fourth-order valence-electron chi connectivity index (χ4n) is 3.85. The first-order chi connectivity index (χ1) is 17.2. The molecule has 190 valence electrons. The highest BCUT2D eigenvalue weighted by atomic mass is 79.9. The molecule has 2 heterocycles. The van der Waals surface area contributed by atoms with Crippen LogP contribution in [-0.4, -0.2) is 73.7 Å². The lowest BCUT2D eigenvalue weighted by Crippen LogP contribution is -2.43. The summed E-state index contributed by atoms with van der Waals surface area (Å²) in [5, 5.41) is 5.00. The summed E-state index contributed by atoms with van der Waals surface area (Å²) >= 11 is 3.43. The van der Waals surface area contributed by atoms with Gasteiger partial charge in [0, 0.05) is 54.9 Å². The maximum atomic E-state index is 13.3. The van der Waals surface area contributed by atoms with E-state index in [0.29, 0.717) is 54.3 Å². The summed E-state index contributed by atoms with van der Waals surface area (Å²) in [6.07, 6.45) is 1.58. The Labute approximate surface area is 218 Å². The summed E-state index contributed by atoms with van der Waals surface area (Å²) in [4.78, 5) is 34.4. The Bertz CT molecular complexity index is 1350. The minimum Gasteiger partial charge on any atom is -0.483 e. The molecule has 1 aliphatic heterocycles. The molecule has 0 saturated carbocycles. The minimum atomic E-state index is -0.254. The summed E-state index contributed by atoms with van der Waals surface area (Å²) in [6, 6.07) is 11.1. The second kappa shape index (κ2) is 11.2. The molecule has 1 aromatic heterocycles. The summed E-state index contributed by atoms with van der Waals surface area (Å²) in [6.45, 7) is 6.01. The number of carbonyl (C=O) groups excluding carboxylic acids is 1. The zero-order chi connectivity index (χ0) is 25.8. The first-order valence-corrected chi connectivity index (χ1v) is 12.6. The van der Waals surface area contributed by atoms with Gasteiger partial charge in [0.25, 0.3) is 11.5 Å². The molecule has 0 spiro atoms. The van der Waals surface area contributed by atoms with Crippen LogP contribution in [0.4, 0.5) is 5.69 Å². The third-order valence-corrected chi connectivity index (χ3v) is 6.38. The van der Waals surface area contributed by atoms with Gasteiger partial charge in [-0.3, -0.25) is 9.59 Å². The molecule has 0 atom stereocenters. The topological polar surface area (TPSA) is 89.3 Å². The predicted octanol–water partition coefficient (Wildman–Crippen LogP) is 3.47. The predicted molar refractivity (Wildman–Crippen MR) is 144 cm³/mol. The van der Waals surface area contributed by atoms with E-state index < -0.39 is 0 Å². The number of anilines is 1. The molecule has 2 aromatic carbocycles. The average molecular weight is 556 g/mol. The van der Waals surface area contributed by atoms with Crippen LogP contribution in [0.1, 0.15) is 31.2 Å². The summed E-state index contributed by atoms with van der Waals surface area (Å²) in [5.41, 5.74) is 1.93. The fraction of sp³-hybridized carbons (Fsp3) is 0.385. The van der Waals surface area contributed by atoms with Gasteiger partial charge in [0.05, 0.1) is 30.3 Å². The van der Waals surface area contributed by atoms with Gasteiger partial charge in [0.2, 0.25) is 0 Å². The van der Waals surface area contributed by atoms with Crippen molar-refractivity contribution >= 4 is 44.6 Å². The molecule has 4 rings (SSSR count). The van der Waals surface area contributed by atoms with Crippen LogP contribution in [0, 0.1) is 0 Å². The van der Waals surface area contributed by atoms with E-state index in [-0.39, 0.29) is 24.0 Å². The Morgan fingerprint density at radius 1 is 1.22 bits per heavy atom. The molecule has 3 aromatic rings. The molecule has 10 heteroatoms. The van der Waals surface area contributed by atoms with Crippen molar-refractivity contribution in [1.82, 2.24) is 14.6 Å². The van der Waals surface area contributed by atoms with Gasteiger partial charge >= 0.3 is 0 Å². The number of aromatic nitrogens is 2. The van der Waals surface area contributed by atoms with Gasteiger partial charge in [0.1, 0.15) is 11.6 Å². The van der Waals surface area contributed by atoms with Gasteiger partial charge in [-0.25, -0.2) is 4.98 Å². The zero-order valence-corrected chi connectivity index (χ0v) is 22.5. The van der Waals surface area contributed by atoms with E-state index in [0.717, 1.165) is 10.2 Å². The van der Waals surface area contributed by atoms with Gasteiger partial charge in [-0.15, -0.1) is 0 Å². The monoisotopic (exact) mass is 555 g/mol. The normalized spacial score (nSPS) is 14.1. The first-order valence-electron chi connectivity index (χ1n) is 11.8. The SMILES string of the molecule is CC(C)c1nc2ccc(Br)cc2c(=O)n1N=Cc1ccc(N(C)C)cc1OCC(=O)N1CCOCC1. The number of halogens is 1. The van der Waals surface area contributed by atoms with E-state index in [1.54, 1.807) is 17.2 Å². The van der Waals surface area contributed by atoms with E-state index >= 15 is 0 Å². The molecule has 1 aliphatic rings. The number of carbonyl (C=O) groups is 1. The average Bonchev–Trinajstić information content (AvgIpc) is 2.87. The molecule has 0 radical (unpaired) electrons. The highest BCUT2D eigenvalue weighted by Crippen LogP contribution is 2.25. The van der Waals surface area contributed by atoms with Crippen molar-refractivity contribution < 1.29 is 14.3 Å². The van der Waals surface area contributed by atoms with E-state index in [1.807, 2.05) is 63.2 Å². The maximum Gasteiger partial charge on any atom is 0.282 e. The Morgan fingerprint density at radius 3 is 2.67 bits per heavy atom. The van der Waals surface area contributed by atoms with Crippen LogP contribution < -0.4 is 15.2 Å². The standard InChI is InChI=1S/C26H30BrN5O4/c1-17(2)25-29-22-8-6-19(27)13-21(22)26(34)32(25)28-15-18-5-7-20(30(3)4)14-23(18)36-16-24(33)31-9-11-35-12-10-31/h5-8,13-15,17H,9-12,16H2,1-4H3. The van der Waals surface area contributed by atoms with Crippen LogP contribution in [0.5, 0.6) is 5.75 Å². The van der Waals surface area contributed by atoms with Gasteiger partial charge in [-0.05, 0) is 30.3 Å². The van der Waals surface area contributed by atoms with Crippen LogP contribution in [0.2, 0.25) is 0 Å². The van der Waals surface area contributed by atoms with E-state index in [4.69, 9.17) is 14.5 Å². The van der Waals surface area contributed by atoms with E-state index in [1.165, 1.54) is 4.68 Å². The van der Waals surface area contributed by atoms with E-state index in [2.05, 4.69) is 21.0 Å². The number of ether oxygens (including phenoxy) is 2. The quantitative estimate of drug-likeness (QED) is 0.415. The smallest absolute Gasteiger partial charge is 0.282 e. The number of amides is 1. The van der Waals surface area contributed by atoms with Crippen molar-refractivity contribution in [2.45, 2.75) is 19.8 Å². The molecule has 0 unspecified atom stereocenters. The second-order valence-electron chi connectivity index (χ2n) is 9.05. The fourth-order valence-corrected chi connectivity index (χ4v) is 4.21. The van der Waals surface area contributed by atoms with Crippen molar-refractivity contribution in [3.05, 3.63) is 62.6 Å². The third-order valence-electron chi connectivity index (χ3n) is 5.89. The number of nitrogens with zero attached hydrogens (tertiary/aromatic N) is 5. The van der Waals surface area contributed by atoms with E-state index in [9.17, 15) is 9.59 Å². The first kappa shape index (κ1) is 25.8. The Balaban J connectivity index is 1.69. The van der Waals surface area contributed by atoms with Gasteiger partial charge in [-0.2, -0.15) is 9.78 Å². The number of morpholine rings is 1.